The van der Waals surface area contributed by atoms with Gasteiger partial charge in [-0.3, -0.25) is 0 Å². The molecule has 1 saturated heterocycles. The van der Waals surface area contributed by atoms with Gasteiger partial charge in [0.1, 0.15) is 0 Å². The highest BCUT2D eigenvalue weighted by molar-refractivity contribution is 6.30. The van der Waals surface area contributed by atoms with Crippen LogP contribution in [0.3, 0.4) is 0 Å². The number of benzene rings is 1. The van der Waals surface area contributed by atoms with E-state index in [1.165, 1.54) is 24.8 Å². The van der Waals surface area contributed by atoms with Gasteiger partial charge in [-0.05, 0) is 55.3 Å². The number of aliphatic hydroxyl groups excluding tert-OH is 1. The molecule has 3 heteroatoms. The number of piperidine rings is 1. The van der Waals surface area contributed by atoms with Gasteiger partial charge in [-0.15, -0.1) is 0 Å². The molecule has 0 radical (unpaired) electrons. The molecule has 1 saturated carbocycles. The second-order valence-electron chi connectivity index (χ2n) is 8.04. The van der Waals surface area contributed by atoms with Crippen molar-refractivity contribution in [2.45, 2.75) is 57.5 Å². The van der Waals surface area contributed by atoms with Crippen molar-refractivity contribution in [2.75, 3.05) is 19.6 Å². The Morgan fingerprint density at radius 3 is 2.59 bits per heavy atom. The monoisotopic (exact) mass is 321 g/mol. The third-order valence-electron chi connectivity index (χ3n) is 5.69. The first-order chi connectivity index (χ1) is 10.4. The summed E-state index contributed by atoms with van der Waals surface area (Å²) in [6.07, 6.45) is 5.59. The van der Waals surface area contributed by atoms with E-state index in [0.29, 0.717) is 5.41 Å². The summed E-state index contributed by atoms with van der Waals surface area (Å²) in [4.78, 5) is 2.46. The van der Waals surface area contributed by atoms with Crippen LogP contribution in [0.1, 0.15) is 51.5 Å². The number of likely N-dealkylation sites (tertiary alicyclic amines) is 1. The average Bonchev–Trinajstić information content (AvgIpc) is 2.36. The zero-order valence-electron chi connectivity index (χ0n) is 13.8. The lowest BCUT2D eigenvalue weighted by Gasteiger charge is -2.48. The Kier molecular flexibility index (Phi) is 4.55. The molecular formula is C19H28ClNO. The second-order valence-corrected chi connectivity index (χ2v) is 8.48. The van der Waals surface area contributed by atoms with E-state index >= 15 is 0 Å². The number of nitrogens with zero attached hydrogens (tertiary/aromatic N) is 1. The Labute approximate surface area is 139 Å². The number of aliphatic hydroxyl groups is 1. The van der Waals surface area contributed by atoms with Gasteiger partial charge >= 0.3 is 0 Å². The largest absolute Gasteiger partial charge is 0.391 e. The zero-order valence-corrected chi connectivity index (χ0v) is 14.6. The van der Waals surface area contributed by atoms with E-state index < -0.39 is 0 Å². The SMILES string of the molecule is CC1(C)CCCN(CC(O)C2(c3cccc(Cl)c3)CCC2)C1. The van der Waals surface area contributed by atoms with Crippen LogP contribution in [-0.4, -0.2) is 35.7 Å². The minimum Gasteiger partial charge on any atom is -0.391 e. The van der Waals surface area contributed by atoms with Crippen molar-refractivity contribution in [2.24, 2.45) is 5.41 Å². The van der Waals surface area contributed by atoms with E-state index in [1.54, 1.807) is 0 Å². The summed E-state index contributed by atoms with van der Waals surface area (Å²) < 4.78 is 0. The summed E-state index contributed by atoms with van der Waals surface area (Å²) in [5.41, 5.74) is 1.52. The molecule has 1 atom stereocenters. The van der Waals surface area contributed by atoms with Crippen LogP contribution in [0.25, 0.3) is 0 Å². The maximum atomic E-state index is 11.0. The molecule has 3 rings (SSSR count). The Balaban J connectivity index is 1.73. The fourth-order valence-electron chi connectivity index (χ4n) is 4.29. The normalized spacial score (nSPS) is 25.5. The molecule has 1 N–H and O–H groups in total. The summed E-state index contributed by atoms with van der Waals surface area (Å²) in [6, 6.07) is 8.10. The van der Waals surface area contributed by atoms with Crippen molar-refractivity contribution >= 4 is 11.6 Å². The molecule has 0 amide bonds. The molecule has 0 spiro atoms. The minimum atomic E-state index is -0.298. The van der Waals surface area contributed by atoms with Crippen molar-refractivity contribution in [3.05, 3.63) is 34.9 Å². The van der Waals surface area contributed by atoms with E-state index in [9.17, 15) is 5.11 Å². The molecular weight excluding hydrogens is 294 g/mol. The van der Waals surface area contributed by atoms with Gasteiger partial charge in [0.25, 0.3) is 0 Å². The first-order valence-corrected chi connectivity index (χ1v) is 8.96. The van der Waals surface area contributed by atoms with Crippen LogP contribution in [0.4, 0.5) is 0 Å². The van der Waals surface area contributed by atoms with Gasteiger partial charge in [0.05, 0.1) is 6.10 Å². The molecule has 1 aliphatic carbocycles. The molecule has 122 valence electrons. The quantitative estimate of drug-likeness (QED) is 0.896. The van der Waals surface area contributed by atoms with E-state index in [1.807, 2.05) is 18.2 Å². The second kappa shape index (κ2) is 6.14. The topological polar surface area (TPSA) is 23.5 Å². The van der Waals surface area contributed by atoms with Crippen molar-refractivity contribution in [1.29, 1.82) is 0 Å². The predicted octanol–water partition coefficient (Wildman–Crippen LogP) is 4.24. The highest BCUT2D eigenvalue weighted by Gasteiger charge is 2.45. The fraction of sp³-hybridized carbons (Fsp3) is 0.684. The van der Waals surface area contributed by atoms with Gasteiger partial charge < -0.3 is 10.0 Å². The highest BCUT2D eigenvalue weighted by atomic mass is 35.5. The Morgan fingerprint density at radius 2 is 2.00 bits per heavy atom. The van der Waals surface area contributed by atoms with Crippen LogP contribution in [-0.2, 0) is 5.41 Å². The number of hydrogen-bond acceptors (Lipinski definition) is 2. The molecule has 1 unspecified atom stereocenters. The molecule has 1 aromatic carbocycles. The van der Waals surface area contributed by atoms with Crippen molar-refractivity contribution in [3.8, 4) is 0 Å². The molecule has 0 bridgehead atoms. The summed E-state index contributed by atoms with van der Waals surface area (Å²) >= 11 is 6.17. The van der Waals surface area contributed by atoms with Gasteiger partial charge in [-0.2, -0.15) is 0 Å². The van der Waals surface area contributed by atoms with Crippen LogP contribution in [0.5, 0.6) is 0 Å². The highest BCUT2D eigenvalue weighted by Crippen LogP contribution is 2.47. The molecule has 0 aromatic heterocycles. The van der Waals surface area contributed by atoms with Gasteiger partial charge in [0.15, 0.2) is 0 Å². The van der Waals surface area contributed by atoms with Gasteiger partial charge in [-0.25, -0.2) is 0 Å². The van der Waals surface area contributed by atoms with Crippen molar-refractivity contribution in [1.82, 2.24) is 4.90 Å². The number of β-amino-alcohol motifs (C(OH)–C–C–N with tert-alkyl or cyclic N) is 1. The fourth-order valence-corrected chi connectivity index (χ4v) is 4.48. The van der Waals surface area contributed by atoms with Crippen LogP contribution in [0.15, 0.2) is 24.3 Å². The number of rotatable bonds is 4. The summed E-state index contributed by atoms with van der Waals surface area (Å²) in [5.74, 6) is 0. The van der Waals surface area contributed by atoms with Crippen molar-refractivity contribution in [3.63, 3.8) is 0 Å². The lowest BCUT2D eigenvalue weighted by atomic mass is 9.61. The number of hydrogen-bond donors (Lipinski definition) is 1. The maximum absolute atomic E-state index is 11.0. The molecule has 1 heterocycles. The lowest BCUT2D eigenvalue weighted by Crippen LogP contribution is -2.53. The van der Waals surface area contributed by atoms with Crippen LogP contribution in [0, 0.1) is 5.41 Å². The molecule has 22 heavy (non-hydrogen) atoms. The lowest BCUT2D eigenvalue weighted by molar-refractivity contribution is -0.0134. The van der Waals surface area contributed by atoms with Crippen LogP contribution >= 0.6 is 11.6 Å². The first-order valence-electron chi connectivity index (χ1n) is 8.58. The summed E-state index contributed by atoms with van der Waals surface area (Å²) in [6.45, 7) is 7.67. The molecule has 2 aliphatic rings. The smallest absolute Gasteiger partial charge is 0.0763 e. The third kappa shape index (κ3) is 3.20. The summed E-state index contributed by atoms with van der Waals surface area (Å²) in [5, 5.41) is 11.8. The van der Waals surface area contributed by atoms with E-state index in [2.05, 4.69) is 24.8 Å². The van der Waals surface area contributed by atoms with E-state index in [0.717, 1.165) is 37.5 Å². The molecule has 2 fully saturated rings. The molecule has 1 aromatic rings. The maximum Gasteiger partial charge on any atom is 0.0763 e. The number of halogens is 1. The molecule has 1 aliphatic heterocycles. The molecule has 2 nitrogen and oxygen atoms in total. The zero-order chi connectivity index (χ0) is 15.8. The van der Waals surface area contributed by atoms with Crippen LogP contribution < -0.4 is 0 Å². The van der Waals surface area contributed by atoms with E-state index in [4.69, 9.17) is 11.6 Å². The van der Waals surface area contributed by atoms with Gasteiger partial charge in [-0.1, -0.05) is 44.0 Å². The average molecular weight is 322 g/mol. The Bertz CT molecular complexity index is 524. The van der Waals surface area contributed by atoms with E-state index in [-0.39, 0.29) is 11.5 Å². The van der Waals surface area contributed by atoms with Gasteiger partial charge in [0.2, 0.25) is 0 Å². The Morgan fingerprint density at radius 1 is 1.23 bits per heavy atom. The van der Waals surface area contributed by atoms with Crippen molar-refractivity contribution < 1.29 is 5.11 Å². The predicted molar refractivity (Wildman–Crippen MR) is 92.4 cm³/mol. The summed E-state index contributed by atoms with van der Waals surface area (Å²) in [7, 11) is 0. The first kappa shape index (κ1) is 16.3. The minimum absolute atomic E-state index is 0.0769. The van der Waals surface area contributed by atoms with Crippen LogP contribution in [0.2, 0.25) is 5.02 Å². The standard InChI is InChI=1S/C19H28ClNO/c1-18(2)8-5-11-21(14-18)13-17(22)19(9-4-10-19)15-6-3-7-16(20)12-15/h3,6-7,12,17,22H,4-5,8-11,13-14H2,1-2H3. The third-order valence-corrected chi connectivity index (χ3v) is 5.93. The Hall–Kier alpha value is -0.570. The van der Waals surface area contributed by atoms with Gasteiger partial charge in [0, 0.05) is 23.5 Å².